The van der Waals surface area contributed by atoms with Gasteiger partial charge in [-0.2, -0.15) is 11.8 Å². The molecule has 148 valence electrons. The summed E-state index contributed by atoms with van der Waals surface area (Å²) in [6.45, 7) is 14.2. The summed E-state index contributed by atoms with van der Waals surface area (Å²) in [7, 11) is 3.41. The standard InChI is InChI=1S/C18H37N3O3S/c1-10-25-12-13(11-19-24-18(5,6)7)15(22)20-14(17(2,3)4)16(23)21(8)9/h13-14,19H,10-12H2,1-9H3,(H,20,22)/t13-,14+/m0/s1. The SMILES string of the molecule is CCSC[C@H](CNOC(C)(C)C)C(=O)N[C@H](C(=O)N(C)C)C(C)(C)C. The van der Waals surface area contributed by atoms with E-state index in [1.165, 1.54) is 4.90 Å². The van der Waals surface area contributed by atoms with E-state index in [2.05, 4.69) is 17.7 Å². The van der Waals surface area contributed by atoms with Crippen LogP contribution in [0.2, 0.25) is 0 Å². The first kappa shape index (κ1) is 24.2. The molecule has 25 heavy (non-hydrogen) atoms. The highest BCUT2D eigenvalue weighted by Crippen LogP contribution is 2.21. The van der Waals surface area contributed by atoms with E-state index in [4.69, 9.17) is 4.84 Å². The molecular weight excluding hydrogens is 338 g/mol. The summed E-state index contributed by atoms with van der Waals surface area (Å²) in [6, 6.07) is -0.562. The van der Waals surface area contributed by atoms with Crippen molar-refractivity contribution < 1.29 is 14.4 Å². The molecule has 0 heterocycles. The maximum absolute atomic E-state index is 12.8. The predicted octanol–water partition coefficient (Wildman–Crippen LogP) is 2.29. The van der Waals surface area contributed by atoms with E-state index in [9.17, 15) is 9.59 Å². The van der Waals surface area contributed by atoms with Crippen LogP contribution in [0.25, 0.3) is 0 Å². The van der Waals surface area contributed by atoms with Crippen molar-refractivity contribution in [3.63, 3.8) is 0 Å². The summed E-state index contributed by atoms with van der Waals surface area (Å²) in [5, 5.41) is 2.96. The molecular formula is C18H37N3O3S. The topological polar surface area (TPSA) is 70.7 Å². The van der Waals surface area contributed by atoms with Crippen LogP contribution in [-0.2, 0) is 14.4 Å². The Morgan fingerprint density at radius 2 is 1.68 bits per heavy atom. The van der Waals surface area contributed by atoms with Gasteiger partial charge in [0.1, 0.15) is 6.04 Å². The van der Waals surface area contributed by atoms with Gasteiger partial charge >= 0.3 is 0 Å². The summed E-state index contributed by atoms with van der Waals surface area (Å²) >= 11 is 1.70. The van der Waals surface area contributed by atoms with E-state index in [0.29, 0.717) is 12.3 Å². The molecule has 0 spiro atoms. The number of nitrogens with zero attached hydrogens (tertiary/aromatic N) is 1. The minimum absolute atomic E-state index is 0.0957. The summed E-state index contributed by atoms with van der Waals surface area (Å²) in [4.78, 5) is 32.3. The van der Waals surface area contributed by atoms with Crippen molar-refractivity contribution in [3.05, 3.63) is 0 Å². The van der Waals surface area contributed by atoms with Gasteiger partial charge in [-0.15, -0.1) is 0 Å². The molecule has 6 nitrogen and oxygen atoms in total. The molecule has 0 rings (SSSR count). The van der Waals surface area contributed by atoms with Gasteiger partial charge in [0.05, 0.1) is 11.5 Å². The highest BCUT2D eigenvalue weighted by atomic mass is 32.2. The number of thioether (sulfide) groups is 1. The average Bonchev–Trinajstić information content (AvgIpc) is 2.44. The van der Waals surface area contributed by atoms with Crippen molar-refractivity contribution in [1.29, 1.82) is 0 Å². The van der Waals surface area contributed by atoms with Gasteiger partial charge in [-0.3, -0.25) is 14.4 Å². The van der Waals surface area contributed by atoms with Crippen molar-refractivity contribution in [2.75, 3.05) is 32.1 Å². The average molecular weight is 376 g/mol. The zero-order chi connectivity index (χ0) is 19.8. The van der Waals surface area contributed by atoms with Gasteiger partial charge in [0.25, 0.3) is 0 Å². The molecule has 0 aromatic carbocycles. The minimum Gasteiger partial charge on any atom is -0.347 e. The normalized spacial score (nSPS) is 14.8. The van der Waals surface area contributed by atoms with Crippen molar-refractivity contribution in [1.82, 2.24) is 15.7 Å². The van der Waals surface area contributed by atoms with Crippen LogP contribution < -0.4 is 10.8 Å². The fourth-order valence-corrected chi connectivity index (χ4v) is 2.80. The highest BCUT2D eigenvalue weighted by Gasteiger charge is 2.35. The number of likely N-dealkylation sites (N-methyl/N-ethyl adjacent to an activating group) is 1. The third-order valence-corrected chi connectivity index (χ3v) is 4.49. The number of amides is 2. The molecule has 0 aliphatic rings. The van der Waals surface area contributed by atoms with E-state index >= 15 is 0 Å². The second-order valence-electron chi connectivity index (χ2n) is 8.46. The van der Waals surface area contributed by atoms with Crippen LogP contribution in [0.5, 0.6) is 0 Å². The molecule has 2 atom stereocenters. The third-order valence-electron chi connectivity index (χ3n) is 3.44. The molecule has 7 heteroatoms. The van der Waals surface area contributed by atoms with Gasteiger partial charge in [-0.1, -0.05) is 27.7 Å². The molecule has 2 amide bonds. The summed E-state index contributed by atoms with van der Waals surface area (Å²) in [6.07, 6.45) is 0. The molecule has 0 aliphatic heterocycles. The Morgan fingerprint density at radius 3 is 2.08 bits per heavy atom. The van der Waals surface area contributed by atoms with Gasteiger partial charge in [-0.05, 0) is 31.9 Å². The van der Waals surface area contributed by atoms with Crippen molar-refractivity contribution in [2.45, 2.75) is 60.1 Å². The Labute approximate surface area is 157 Å². The molecule has 0 saturated carbocycles. The Kier molecular flexibility index (Phi) is 10.1. The van der Waals surface area contributed by atoms with Crippen LogP contribution in [0, 0.1) is 11.3 Å². The molecule has 0 radical (unpaired) electrons. The second-order valence-corrected chi connectivity index (χ2v) is 9.78. The number of hydrogen-bond acceptors (Lipinski definition) is 5. The number of hydroxylamine groups is 1. The maximum Gasteiger partial charge on any atom is 0.245 e. The van der Waals surface area contributed by atoms with Gasteiger partial charge in [-0.25, -0.2) is 5.48 Å². The Hall–Kier alpha value is -0.790. The first-order valence-corrected chi connectivity index (χ1v) is 9.95. The number of rotatable bonds is 9. The number of nitrogens with one attached hydrogen (secondary N) is 2. The zero-order valence-corrected chi connectivity index (χ0v) is 18.2. The lowest BCUT2D eigenvalue weighted by Crippen LogP contribution is -2.55. The lowest BCUT2D eigenvalue weighted by atomic mass is 9.85. The molecule has 0 bridgehead atoms. The van der Waals surface area contributed by atoms with Gasteiger partial charge in [0.2, 0.25) is 11.8 Å². The Morgan fingerprint density at radius 1 is 1.12 bits per heavy atom. The lowest BCUT2D eigenvalue weighted by molar-refractivity contribution is -0.139. The van der Waals surface area contributed by atoms with Crippen LogP contribution in [0.4, 0.5) is 0 Å². The molecule has 0 aliphatic carbocycles. The quantitative estimate of drug-likeness (QED) is 0.605. The van der Waals surface area contributed by atoms with E-state index in [0.717, 1.165) is 5.75 Å². The Bertz CT molecular complexity index is 428. The Balaban J connectivity index is 5.04. The zero-order valence-electron chi connectivity index (χ0n) is 17.4. The first-order chi connectivity index (χ1) is 11.3. The van der Waals surface area contributed by atoms with Crippen LogP contribution >= 0.6 is 11.8 Å². The van der Waals surface area contributed by atoms with Crippen LogP contribution in [-0.4, -0.2) is 60.5 Å². The molecule has 0 unspecified atom stereocenters. The molecule has 0 aromatic heterocycles. The van der Waals surface area contributed by atoms with Gasteiger partial charge in [0, 0.05) is 26.4 Å². The maximum atomic E-state index is 12.8. The smallest absolute Gasteiger partial charge is 0.245 e. The summed E-state index contributed by atoms with van der Waals surface area (Å²) < 4.78 is 0. The minimum atomic E-state index is -0.562. The first-order valence-electron chi connectivity index (χ1n) is 8.79. The highest BCUT2D eigenvalue weighted by molar-refractivity contribution is 7.99. The van der Waals surface area contributed by atoms with E-state index in [-0.39, 0.29) is 28.7 Å². The van der Waals surface area contributed by atoms with E-state index in [1.54, 1.807) is 25.9 Å². The van der Waals surface area contributed by atoms with Crippen LogP contribution in [0.3, 0.4) is 0 Å². The van der Waals surface area contributed by atoms with Crippen molar-refractivity contribution >= 4 is 23.6 Å². The van der Waals surface area contributed by atoms with Crippen LogP contribution in [0.15, 0.2) is 0 Å². The number of carbonyl (C=O) groups excluding carboxylic acids is 2. The molecule has 0 saturated heterocycles. The summed E-state index contributed by atoms with van der Waals surface area (Å²) in [5.41, 5.74) is 2.22. The monoisotopic (exact) mass is 375 g/mol. The van der Waals surface area contributed by atoms with E-state index < -0.39 is 6.04 Å². The molecule has 0 aromatic rings. The van der Waals surface area contributed by atoms with Gasteiger partial charge in [0.15, 0.2) is 0 Å². The fourth-order valence-electron chi connectivity index (χ4n) is 2.01. The lowest BCUT2D eigenvalue weighted by Gasteiger charge is -2.33. The third kappa shape index (κ3) is 10.1. The second kappa shape index (κ2) is 10.4. The molecule has 0 fully saturated rings. The largest absolute Gasteiger partial charge is 0.347 e. The number of carbonyl (C=O) groups is 2. The molecule has 2 N–H and O–H groups in total. The van der Waals surface area contributed by atoms with Gasteiger partial charge < -0.3 is 10.2 Å². The predicted molar refractivity (Wildman–Crippen MR) is 105 cm³/mol. The fraction of sp³-hybridized carbons (Fsp3) is 0.889. The van der Waals surface area contributed by atoms with E-state index in [1.807, 2.05) is 41.5 Å². The number of hydrogen-bond donors (Lipinski definition) is 2. The summed E-state index contributed by atoms with van der Waals surface area (Å²) in [5.74, 6) is 1.12. The van der Waals surface area contributed by atoms with Crippen molar-refractivity contribution in [2.24, 2.45) is 11.3 Å². The van der Waals surface area contributed by atoms with Crippen LogP contribution in [0.1, 0.15) is 48.5 Å². The van der Waals surface area contributed by atoms with Crippen molar-refractivity contribution in [3.8, 4) is 0 Å².